The number of rotatable bonds is 9. The molecule has 2 amide bonds. The van der Waals surface area contributed by atoms with Gasteiger partial charge in [-0.15, -0.1) is 0 Å². The maximum atomic E-state index is 14.8. The number of carbonyl (C=O) groups excluding carboxylic acids is 3. The Bertz CT molecular complexity index is 1640. The lowest BCUT2D eigenvalue weighted by Crippen LogP contribution is -2.50. The van der Waals surface area contributed by atoms with Gasteiger partial charge in [0.2, 0.25) is 11.8 Å². The molecule has 7 heteroatoms. The van der Waals surface area contributed by atoms with Crippen LogP contribution in [0, 0.1) is 17.7 Å². The van der Waals surface area contributed by atoms with Gasteiger partial charge in [0.15, 0.2) is 5.78 Å². The number of amides is 2. The van der Waals surface area contributed by atoms with Crippen LogP contribution in [0.15, 0.2) is 109 Å². The number of Topliss-reactive ketones (excluding diaryl/α,β-unsaturated/α-hetero) is 1. The van der Waals surface area contributed by atoms with Crippen LogP contribution in [0.25, 0.3) is 0 Å². The first kappa shape index (κ1) is 31.2. The number of ether oxygens (including phenoxy) is 1. The van der Waals surface area contributed by atoms with Crippen LogP contribution in [0.3, 0.4) is 0 Å². The number of halogens is 1. The second-order valence-corrected chi connectivity index (χ2v) is 12.3. The molecular formula is C39H39FN2O4. The third-order valence-corrected chi connectivity index (χ3v) is 9.53. The van der Waals surface area contributed by atoms with E-state index in [1.807, 2.05) is 72.8 Å². The number of nitrogens with zero attached hydrogens (tertiary/aromatic N) is 1. The van der Waals surface area contributed by atoms with Crippen molar-refractivity contribution in [3.8, 4) is 5.75 Å². The Labute approximate surface area is 269 Å². The maximum Gasteiger partial charge on any atom is 0.243 e. The van der Waals surface area contributed by atoms with Crippen LogP contribution in [0.4, 0.5) is 4.39 Å². The summed E-state index contributed by atoms with van der Waals surface area (Å²) in [4.78, 5) is 45.8. The van der Waals surface area contributed by atoms with E-state index in [1.54, 1.807) is 36.3 Å². The van der Waals surface area contributed by atoms with Crippen molar-refractivity contribution in [1.29, 1.82) is 0 Å². The molecule has 46 heavy (non-hydrogen) atoms. The molecule has 0 radical (unpaired) electrons. The molecule has 6 nitrogen and oxygen atoms in total. The minimum absolute atomic E-state index is 0.0910. The minimum Gasteiger partial charge on any atom is -0.497 e. The summed E-state index contributed by atoms with van der Waals surface area (Å²) in [7, 11) is 1.60. The Hall–Kier alpha value is -4.78. The molecule has 4 aromatic rings. The van der Waals surface area contributed by atoms with Gasteiger partial charge in [-0.05, 0) is 53.8 Å². The quantitative estimate of drug-likeness (QED) is 0.200. The third-order valence-electron chi connectivity index (χ3n) is 9.53. The lowest BCUT2D eigenvalue weighted by molar-refractivity contribution is -0.145. The molecule has 1 saturated carbocycles. The molecule has 4 atom stereocenters. The molecule has 0 aromatic heterocycles. The van der Waals surface area contributed by atoms with E-state index in [1.165, 1.54) is 12.1 Å². The highest BCUT2D eigenvalue weighted by Gasteiger charge is 2.58. The zero-order valence-electron chi connectivity index (χ0n) is 26.0. The second-order valence-electron chi connectivity index (χ2n) is 12.3. The Morgan fingerprint density at radius 2 is 1.41 bits per heavy atom. The summed E-state index contributed by atoms with van der Waals surface area (Å²) >= 11 is 0. The van der Waals surface area contributed by atoms with Gasteiger partial charge in [-0.1, -0.05) is 104 Å². The van der Waals surface area contributed by atoms with Gasteiger partial charge in [0.25, 0.3) is 0 Å². The molecule has 1 aliphatic heterocycles. The van der Waals surface area contributed by atoms with Gasteiger partial charge in [-0.2, -0.15) is 0 Å². The highest BCUT2D eigenvalue weighted by molar-refractivity contribution is 6.02. The summed E-state index contributed by atoms with van der Waals surface area (Å²) in [5.74, 6) is -1.85. The average molecular weight is 619 g/mol. The van der Waals surface area contributed by atoms with Crippen molar-refractivity contribution in [3.63, 3.8) is 0 Å². The van der Waals surface area contributed by atoms with Crippen LogP contribution in [0.2, 0.25) is 0 Å². The first-order valence-electron chi connectivity index (χ1n) is 16.1. The van der Waals surface area contributed by atoms with E-state index in [0.29, 0.717) is 11.3 Å². The molecule has 4 unspecified atom stereocenters. The number of likely N-dealkylation sites (tertiary alicyclic amines) is 1. The molecule has 236 valence electrons. The first-order chi connectivity index (χ1) is 22.5. The Balaban J connectivity index is 1.51. The van der Waals surface area contributed by atoms with E-state index >= 15 is 0 Å². The predicted octanol–water partition coefficient (Wildman–Crippen LogP) is 7.27. The van der Waals surface area contributed by atoms with Gasteiger partial charge in [-0.3, -0.25) is 14.4 Å². The number of methoxy groups -OCH3 is 1. The van der Waals surface area contributed by atoms with Crippen LogP contribution in [-0.4, -0.2) is 35.6 Å². The number of hydrogen-bond donors (Lipinski definition) is 1. The van der Waals surface area contributed by atoms with Crippen LogP contribution >= 0.6 is 0 Å². The Kier molecular flexibility index (Phi) is 9.57. The average Bonchev–Trinajstić information content (AvgIpc) is 3.48. The minimum atomic E-state index is -0.956. The number of nitrogens with one attached hydrogen (secondary N) is 1. The number of ketones is 1. The molecule has 2 aliphatic rings. The maximum absolute atomic E-state index is 14.8. The zero-order valence-corrected chi connectivity index (χ0v) is 26.0. The van der Waals surface area contributed by atoms with Crippen molar-refractivity contribution < 1.29 is 23.5 Å². The number of carbonyl (C=O) groups is 3. The molecule has 1 saturated heterocycles. The fraction of sp³-hybridized carbons (Fsp3) is 0.308. The Morgan fingerprint density at radius 3 is 2.04 bits per heavy atom. The molecular weight excluding hydrogens is 579 g/mol. The normalized spacial score (nSPS) is 21.5. The van der Waals surface area contributed by atoms with Crippen LogP contribution < -0.4 is 10.1 Å². The topological polar surface area (TPSA) is 75.7 Å². The number of benzene rings is 4. The number of hydrogen-bond acceptors (Lipinski definition) is 4. The molecule has 1 aliphatic carbocycles. The molecule has 0 bridgehead atoms. The summed E-state index contributed by atoms with van der Waals surface area (Å²) in [6, 6.07) is 30.5. The van der Waals surface area contributed by atoms with E-state index in [-0.39, 0.29) is 35.9 Å². The molecule has 6 rings (SSSR count). The summed E-state index contributed by atoms with van der Waals surface area (Å²) in [5, 5.41) is 3.05. The van der Waals surface area contributed by atoms with Crippen LogP contribution in [-0.2, 0) is 16.1 Å². The van der Waals surface area contributed by atoms with E-state index in [4.69, 9.17) is 4.74 Å². The third kappa shape index (κ3) is 6.45. The largest absolute Gasteiger partial charge is 0.497 e. The van der Waals surface area contributed by atoms with Gasteiger partial charge >= 0.3 is 0 Å². The second kappa shape index (κ2) is 14.1. The first-order valence-corrected chi connectivity index (χ1v) is 16.1. The van der Waals surface area contributed by atoms with Gasteiger partial charge in [0, 0.05) is 23.9 Å². The molecule has 1 heterocycles. The summed E-state index contributed by atoms with van der Waals surface area (Å²) in [6.07, 6.45) is 4.49. The monoisotopic (exact) mass is 618 g/mol. The Morgan fingerprint density at radius 1 is 0.783 bits per heavy atom. The van der Waals surface area contributed by atoms with Crippen molar-refractivity contribution in [3.05, 3.63) is 137 Å². The fourth-order valence-corrected chi connectivity index (χ4v) is 7.27. The van der Waals surface area contributed by atoms with Crippen LogP contribution in [0.1, 0.15) is 71.1 Å². The van der Waals surface area contributed by atoms with Crippen LogP contribution in [0.5, 0.6) is 5.75 Å². The van der Waals surface area contributed by atoms with Gasteiger partial charge in [0.05, 0.1) is 19.1 Å². The lowest BCUT2D eigenvalue weighted by atomic mass is 9.76. The van der Waals surface area contributed by atoms with E-state index in [2.05, 4.69) is 5.32 Å². The fourth-order valence-electron chi connectivity index (χ4n) is 7.27. The molecule has 2 fully saturated rings. The van der Waals surface area contributed by atoms with Crippen molar-refractivity contribution in [2.75, 3.05) is 7.11 Å². The highest BCUT2D eigenvalue weighted by atomic mass is 19.1. The molecule has 1 N–H and O–H groups in total. The molecule has 0 spiro atoms. The van der Waals surface area contributed by atoms with E-state index in [0.717, 1.165) is 48.8 Å². The summed E-state index contributed by atoms with van der Waals surface area (Å²) in [5.41, 5.74) is 2.85. The van der Waals surface area contributed by atoms with Gasteiger partial charge in [-0.25, -0.2) is 4.39 Å². The summed E-state index contributed by atoms with van der Waals surface area (Å²) in [6.45, 7) is 0.160. The highest BCUT2D eigenvalue weighted by Crippen LogP contribution is 2.52. The van der Waals surface area contributed by atoms with Crippen molar-refractivity contribution in [2.45, 2.75) is 56.7 Å². The van der Waals surface area contributed by atoms with Crippen molar-refractivity contribution in [2.24, 2.45) is 11.8 Å². The van der Waals surface area contributed by atoms with Crippen molar-refractivity contribution >= 4 is 17.6 Å². The molecule has 4 aromatic carbocycles. The smallest absolute Gasteiger partial charge is 0.243 e. The SMILES string of the molecule is COc1ccc(C2C(C(=O)c3ccccc3)C(c3ccccc3)C(C(=O)NCc3ccc(F)cc3)N2C(=O)C2CCCCC2)cc1. The van der Waals surface area contributed by atoms with Gasteiger partial charge in [0.1, 0.15) is 17.6 Å². The summed E-state index contributed by atoms with van der Waals surface area (Å²) < 4.78 is 19.1. The van der Waals surface area contributed by atoms with E-state index < -0.39 is 23.9 Å². The zero-order chi connectivity index (χ0) is 32.0. The van der Waals surface area contributed by atoms with Gasteiger partial charge < -0.3 is 15.0 Å². The lowest BCUT2D eigenvalue weighted by Gasteiger charge is -2.35. The van der Waals surface area contributed by atoms with Crippen molar-refractivity contribution in [1.82, 2.24) is 10.2 Å². The predicted molar refractivity (Wildman–Crippen MR) is 175 cm³/mol. The standard InChI is InChI=1S/C39H39FN2O4/c1-46-32-23-19-28(20-24-32)35-34(37(43)29-13-7-3-8-14-29)33(27-11-5-2-6-12-27)36(42(35)39(45)30-15-9-4-10-16-30)38(44)41-25-26-17-21-31(40)22-18-26/h2-3,5-8,11-14,17-24,30,33-36H,4,9-10,15-16,25H2,1H3,(H,41,44). The van der Waals surface area contributed by atoms with E-state index in [9.17, 15) is 18.8 Å².